The first-order chi connectivity index (χ1) is 35.9. The van der Waals surface area contributed by atoms with Crippen molar-refractivity contribution in [2.45, 2.75) is 38.9 Å². The van der Waals surface area contributed by atoms with Gasteiger partial charge in [0.05, 0.1) is 33.3 Å². The first-order valence-corrected chi connectivity index (χ1v) is 27.5. The maximum absolute atomic E-state index is 6.35. The highest BCUT2D eigenvalue weighted by Crippen LogP contribution is 2.39. The Balaban J connectivity index is 0.000000138. The van der Waals surface area contributed by atoms with E-state index in [2.05, 4.69) is 316 Å². The van der Waals surface area contributed by atoms with Gasteiger partial charge in [0, 0.05) is 45.4 Å². The molecule has 0 saturated carbocycles. The topological polar surface area (TPSA) is 28.3 Å². The standard InChI is InChI=1S/C30H28BNO2.C30H20BrN.C6H4BrI/c1-29(2)30(3,4)34-31(33-29)23-16-19-26-25-12-8-9-13-27(25)32(28(26)20-23)24-17-14-22(15-18-24)21-10-6-5-7-11-21;31-25-10-6-9-23(19-25)24-15-18-28-27-11-4-5-12-29(27)32(30(28)20-24)26-16-13-22(14-17-26)21-7-2-1-3-8-21;7-5-2-1-3-6(8)4-5/h5-20H,1-4H3;1-20H;1-4H. The molecule has 0 spiro atoms. The molecule has 1 fully saturated rings. The van der Waals surface area contributed by atoms with Gasteiger partial charge in [0.2, 0.25) is 0 Å². The molecule has 4 nitrogen and oxygen atoms in total. The van der Waals surface area contributed by atoms with E-state index in [1.54, 1.807) is 0 Å². The van der Waals surface area contributed by atoms with Crippen molar-refractivity contribution in [1.82, 2.24) is 9.13 Å². The van der Waals surface area contributed by atoms with E-state index in [0.29, 0.717) is 0 Å². The lowest BCUT2D eigenvalue weighted by atomic mass is 9.79. The zero-order valence-corrected chi connectivity index (χ0v) is 46.8. The molecule has 0 radical (unpaired) electrons. The average Bonchev–Trinajstić information content (AvgIpc) is 4.02. The van der Waals surface area contributed by atoms with E-state index in [-0.39, 0.29) is 18.3 Å². The second-order valence-corrected chi connectivity index (χ2v) is 22.7. The molecule has 3 heterocycles. The zero-order chi connectivity index (χ0) is 51.0. The lowest BCUT2D eigenvalue weighted by molar-refractivity contribution is 0.00578. The SMILES string of the molecule is Brc1cccc(-c2ccc3c4ccccc4n(-c4ccc(-c5ccccc5)cc4)c3c2)c1.Brc1cccc(I)c1.CC1(C)OB(c2ccc3c4ccccc4n(-c4ccc(-c5ccccc5)cc4)c3c2)OC1(C)C. The predicted molar refractivity (Wildman–Crippen MR) is 328 cm³/mol. The molecular formula is C66H52BBr2IN2O2. The van der Waals surface area contributed by atoms with Crippen molar-refractivity contribution in [2.24, 2.45) is 0 Å². The Labute approximate surface area is 464 Å². The summed E-state index contributed by atoms with van der Waals surface area (Å²) < 4.78 is 20.9. The van der Waals surface area contributed by atoms with Gasteiger partial charge in [-0.25, -0.2) is 0 Å². The molecule has 0 atom stereocenters. The highest BCUT2D eigenvalue weighted by atomic mass is 127. The maximum atomic E-state index is 6.35. The van der Waals surface area contributed by atoms with Crippen molar-refractivity contribution >= 4 is 111 Å². The van der Waals surface area contributed by atoms with Crippen molar-refractivity contribution < 1.29 is 9.31 Å². The Morgan fingerprint density at radius 3 is 1.23 bits per heavy atom. The molecule has 1 aliphatic rings. The smallest absolute Gasteiger partial charge is 0.399 e. The predicted octanol–water partition coefficient (Wildman–Crippen LogP) is 18.7. The van der Waals surface area contributed by atoms with Crippen LogP contribution in [0.4, 0.5) is 0 Å². The van der Waals surface area contributed by atoms with Crippen molar-refractivity contribution in [3.63, 3.8) is 0 Å². The number of para-hydroxylation sites is 2. The third kappa shape index (κ3) is 10.1. The van der Waals surface area contributed by atoms with Gasteiger partial charge in [-0.05, 0) is 168 Å². The zero-order valence-electron chi connectivity index (χ0n) is 41.5. The first kappa shape index (κ1) is 49.7. The fourth-order valence-electron chi connectivity index (χ4n) is 9.81. The van der Waals surface area contributed by atoms with Gasteiger partial charge in [-0.15, -0.1) is 0 Å². The van der Waals surface area contributed by atoms with Crippen LogP contribution in [0.2, 0.25) is 0 Å². The molecule has 0 unspecified atom stereocenters. The highest BCUT2D eigenvalue weighted by Gasteiger charge is 2.51. The van der Waals surface area contributed by atoms with Crippen LogP contribution in [0.5, 0.6) is 0 Å². The molecule has 74 heavy (non-hydrogen) atoms. The minimum Gasteiger partial charge on any atom is -0.399 e. The quantitative estimate of drug-likeness (QED) is 0.123. The van der Waals surface area contributed by atoms with Crippen LogP contribution in [0, 0.1) is 3.57 Å². The molecule has 1 saturated heterocycles. The number of benzene rings is 10. The molecule has 12 aromatic rings. The highest BCUT2D eigenvalue weighted by molar-refractivity contribution is 14.1. The Morgan fingerprint density at radius 1 is 0.351 bits per heavy atom. The van der Waals surface area contributed by atoms with Crippen LogP contribution in [0.3, 0.4) is 0 Å². The van der Waals surface area contributed by atoms with Gasteiger partial charge in [-0.2, -0.15) is 0 Å². The summed E-state index contributed by atoms with van der Waals surface area (Å²) >= 11 is 9.24. The molecule has 1 aliphatic heterocycles. The number of fused-ring (bicyclic) bond motifs is 6. The number of halogens is 3. The lowest BCUT2D eigenvalue weighted by Crippen LogP contribution is -2.41. The lowest BCUT2D eigenvalue weighted by Gasteiger charge is -2.32. The average molecular weight is 1200 g/mol. The van der Waals surface area contributed by atoms with Gasteiger partial charge in [-0.3, -0.25) is 0 Å². The Bertz CT molecular complexity index is 3910. The first-order valence-electron chi connectivity index (χ1n) is 24.8. The Kier molecular flexibility index (Phi) is 14.1. The summed E-state index contributed by atoms with van der Waals surface area (Å²) in [5.74, 6) is 0. The van der Waals surface area contributed by atoms with Crippen LogP contribution >= 0.6 is 54.5 Å². The van der Waals surface area contributed by atoms with Crippen LogP contribution in [0.1, 0.15) is 27.7 Å². The van der Waals surface area contributed by atoms with E-state index in [9.17, 15) is 0 Å². The summed E-state index contributed by atoms with van der Waals surface area (Å²) in [6.07, 6.45) is 0. The Morgan fingerprint density at radius 2 is 0.743 bits per heavy atom. The van der Waals surface area contributed by atoms with E-state index in [1.807, 2.05) is 18.2 Å². The summed E-state index contributed by atoms with van der Waals surface area (Å²) in [4.78, 5) is 0. The molecule has 2 aromatic heterocycles. The monoisotopic (exact) mass is 1200 g/mol. The van der Waals surface area contributed by atoms with Crippen LogP contribution in [-0.4, -0.2) is 27.5 Å². The molecule has 0 N–H and O–H groups in total. The van der Waals surface area contributed by atoms with Gasteiger partial charge in [0.15, 0.2) is 0 Å². The molecule has 0 bridgehead atoms. The van der Waals surface area contributed by atoms with Crippen LogP contribution in [0.15, 0.2) is 252 Å². The van der Waals surface area contributed by atoms with E-state index < -0.39 is 0 Å². The van der Waals surface area contributed by atoms with Crippen molar-refractivity contribution in [1.29, 1.82) is 0 Å². The number of nitrogens with zero attached hydrogens (tertiary/aromatic N) is 2. The Hall–Kier alpha value is -6.53. The number of hydrogen-bond donors (Lipinski definition) is 0. The molecule has 13 rings (SSSR count). The van der Waals surface area contributed by atoms with Crippen molar-refractivity contribution in [3.8, 4) is 44.8 Å². The maximum Gasteiger partial charge on any atom is 0.494 e. The van der Waals surface area contributed by atoms with E-state index >= 15 is 0 Å². The van der Waals surface area contributed by atoms with Crippen molar-refractivity contribution in [3.05, 3.63) is 255 Å². The van der Waals surface area contributed by atoms with E-state index in [0.717, 1.165) is 25.6 Å². The van der Waals surface area contributed by atoms with Gasteiger partial charge in [-0.1, -0.05) is 196 Å². The normalized spacial score (nSPS) is 13.7. The fraction of sp³-hybridized carbons (Fsp3) is 0.0909. The van der Waals surface area contributed by atoms with Gasteiger partial charge in [0.25, 0.3) is 0 Å². The van der Waals surface area contributed by atoms with Gasteiger partial charge in [0.1, 0.15) is 0 Å². The molecule has 0 aliphatic carbocycles. The van der Waals surface area contributed by atoms with Crippen LogP contribution in [-0.2, 0) is 9.31 Å². The largest absolute Gasteiger partial charge is 0.494 e. The third-order valence-electron chi connectivity index (χ3n) is 14.3. The number of hydrogen-bond acceptors (Lipinski definition) is 2. The van der Waals surface area contributed by atoms with Crippen molar-refractivity contribution in [2.75, 3.05) is 0 Å². The summed E-state index contributed by atoms with van der Waals surface area (Å²) in [5, 5.41) is 5.01. The molecule has 10 aromatic carbocycles. The second-order valence-electron chi connectivity index (χ2n) is 19.6. The van der Waals surface area contributed by atoms with Gasteiger partial charge < -0.3 is 18.4 Å². The molecule has 0 amide bonds. The minimum atomic E-state index is -0.388. The van der Waals surface area contributed by atoms with Gasteiger partial charge >= 0.3 is 7.12 Å². The number of aromatic nitrogens is 2. The molecular weight excluding hydrogens is 1150 g/mol. The number of rotatable bonds is 6. The van der Waals surface area contributed by atoms with E-state index in [1.165, 1.54) is 80.7 Å². The third-order valence-corrected chi connectivity index (χ3v) is 16.0. The second kappa shape index (κ2) is 21.0. The van der Waals surface area contributed by atoms with Crippen LogP contribution in [0.25, 0.3) is 88.4 Å². The van der Waals surface area contributed by atoms with E-state index in [4.69, 9.17) is 9.31 Å². The summed E-state index contributed by atoms with van der Waals surface area (Å²) in [7, 11) is -0.388. The van der Waals surface area contributed by atoms with Crippen LogP contribution < -0.4 is 5.46 Å². The summed E-state index contributed by atoms with van der Waals surface area (Å²) in [6, 6.07) is 85.9. The minimum absolute atomic E-state index is 0.368. The fourth-order valence-corrected chi connectivity index (χ4v) is 11.6. The summed E-state index contributed by atoms with van der Waals surface area (Å²) in [6.45, 7) is 8.38. The summed E-state index contributed by atoms with van der Waals surface area (Å²) in [5.41, 5.74) is 14.7. The molecule has 8 heteroatoms. The molecule has 362 valence electrons.